The lowest BCUT2D eigenvalue weighted by Crippen LogP contribution is -2.06. The molecule has 0 aromatic heterocycles. The van der Waals surface area contributed by atoms with Gasteiger partial charge in [-0.15, -0.1) is 11.6 Å². The van der Waals surface area contributed by atoms with Crippen LogP contribution in [-0.4, -0.2) is 24.6 Å². The van der Waals surface area contributed by atoms with Crippen LogP contribution < -0.4 is 10.6 Å². The average molecular weight is 323 g/mol. The average Bonchev–Trinajstić information content (AvgIpc) is 2.53. The Morgan fingerprint density at radius 3 is 1.90 bits per heavy atom. The lowest BCUT2D eigenvalue weighted by atomic mass is 10.4. The molecule has 1 unspecified atom stereocenters. The first-order valence-electron chi connectivity index (χ1n) is 6.93. The van der Waals surface area contributed by atoms with E-state index in [0.29, 0.717) is 0 Å². The summed E-state index contributed by atoms with van der Waals surface area (Å²) in [6.07, 6.45) is 3.84. The number of hydrogen-bond acceptors (Lipinski definition) is 0. The van der Waals surface area contributed by atoms with Gasteiger partial charge in [0.05, 0.1) is 0 Å². The summed E-state index contributed by atoms with van der Waals surface area (Å²) in [7, 11) is -0.190. The van der Waals surface area contributed by atoms with Gasteiger partial charge in [0, 0.05) is 5.62 Å². The van der Waals surface area contributed by atoms with E-state index < -0.39 is 0 Å². The quantitative estimate of drug-likeness (QED) is 0.506. The smallest absolute Gasteiger partial charge is 0.0465 e. The fraction of sp³-hybridized carbons (Fsp3) is 0.294. The fourth-order valence-electron chi connectivity index (χ4n) is 2.21. The molecule has 0 amide bonds. The minimum absolute atomic E-state index is 0.0130. The molecule has 0 N–H and O–H groups in total. The Labute approximate surface area is 130 Å². The molecule has 2 aromatic rings. The molecule has 0 aliphatic heterocycles. The van der Waals surface area contributed by atoms with E-state index in [-0.39, 0.29) is 15.8 Å². The van der Waals surface area contributed by atoms with Gasteiger partial charge in [-0.3, -0.25) is 0 Å². The van der Waals surface area contributed by atoms with E-state index in [1.54, 1.807) is 0 Å². The van der Waals surface area contributed by atoms with Crippen LogP contribution in [0.1, 0.15) is 6.42 Å². The van der Waals surface area contributed by atoms with E-state index in [0.717, 1.165) is 5.62 Å². The van der Waals surface area contributed by atoms with Crippen molar-refractivity contribution in [3.05, 3.63) is 60.7 Å². The molecule has 106 valence electrons. The van der Waals surface area contributed by atoms with Crippen molar-refractivity contribution in [2.75, 3.05) is 24.6 Å². The van der Waals surface area contributed by atoms with Gasteiger partial charge in [0.15, 0.2) is 0 Å². The molecule has 0 spiro atoms. The van der Waals surface area contributed by atoms with Gasteiger partial charge < -0.3 is 0 Å². The molecule has 0 aliphatic rings. The van der Waals surface area contributed by atoms with E-state index in [2.05, 4.69) is 67.3 Å². The number of benzene rings is 2. The fourth-order valence-corrected chi connectivity index (χ4v) is 6.45. The topological polar surface area (TPSA) is 0 Å². The van der Waals surface area contributed by atoms with E-state index in [1.165, 1.54) is 29.4 Å². The van der Waals surface area contributed by atoms with Crippen molar-refractivity contribution in [1.82, 2.24) is 0 Å². The van der Waals surface area contributed by atoms with Crippen LogP contribution in [0.4, 0.5) is 0 Å². The Morgan fingerprint density at radius 1 is 0.800 bits per heavy atom. The molecule has 20 heavy (non-hydrogen) atoms. The highest BCUT2D eigenvalue weighted by molar-refractivity contribution is 7.67. The van der Waals surface area contributed by atoms with E-state index in [4.69, 9.17) is 11.6 Å². The van der Waals surface area contributed by atoms with Gasteiger partial charge in [-0.1, -0.05) is 76.5 Å². The summed E-state index contributed by atoms with van der Waals surface area (Å²) in [5.41, 5.74) is 0.784. The van der Waals surface area contributed by atoms with E-state index in [1.807, 2.05) is 0 Å². The Bertz CT molecular complexity index is 487. The van der Waals surface area contributed by atoms with Gasteiger partial charge in [0.1, 0.15) is 0 Å². The molecule has 0 nitrogen and oxygen atoms in total. The molecule has 0 heterocycles. The number of rotatable bonds is 7. The minimum Gasteiger partial charge on any atom is -0.121 e. The maximum atomic E-state index is 6.17. The van der Waals surface area contributed by atoms with Crippen LogP contribution in [0.2, 0.25) is 0 Å². The normalized spacial score (nSPS) is 13.9. The summed E-state index contributed by atoms with van der Waals surface area (Å²) in [6, 6.07) is 21.6. The Morgan fingerprint density at radius 2 is 1.35 bits per heavy atom. The van der Waals surface area contributed by atoms with Crippen molar-refractivity contribution in [1.29, 1.82) is 0 Å². The molecule has 2 atom stereocenters. The molecule has 2 rings (SSSR count). The first-order chi connectivity index (χ1) is 9.81. The van der Waals surface area contributed by atoms with Crippen molar-refractivity contribution in [2.45, 2.75) is 6.42 Å². The van der Waals surface area contributed by atoms with Gasteiger partial charge in [-0.25, -0.2) is 0 Å². The predicted molar refractivity (Wildman–Crippen MR) is 97.0 cm³/mol. The van der Waals surface area contributed by atoms with Gasteiger partial charge in [-0.05, 0) is 36.0 Å². The summed E-state index contributed by atoms with van der Waals surface area (Å²) >= 11 is 6.17. The summed E-state index contributed by atoms with van der Waals surface area (Å²) in [4.78, 5) is 0. The van der Waals surface area contributed by atoms with Crippen LogP contribution in [-0.2, 0) is 0 Å². The molecule has 0 fully saturated rings. The first kappa shape index (κ1) is 16.0. The highest BCUT2D eigenvalue weighted by atomic mass is 35.5. The van der Waals surface area contributed by atoms with Crippen LogP contribution in [0, 0.1) is 0 Å². The van der Waals surface area contributed by atoms with Crippen molar-refractivity contribution in [2.24, 2.45) is 0 Å². The first-order valence-corrected chi connectivity index (χ1v) is 11.2. The lowest BCUT2D eigenvalue weighted by molar-refractivity contribution is 1.11. The largest absolute Gasteiger partial charge is 0.121 e. The van der Waals surface area contributed by atoms with Crippen molar-refractivity contribution < 1.29 is 0 Å². The van der Waals surface area contributed by atoms with Crippen molar-refractivity contribution in [3.63, 3.8) is 0 Å². The van der Waals surface area contributed by atoms with E-state index in [9.17, 15) is 0 Å². The zero-order chi connectivity index (χ0) is 14.2. The monoisotopic (exact) mass is 322 g/mol. The number of halogens is 1. The molecular formula is C17H21ClP2. The second-order valence-electron chi connectivity index (χ2n) is 4.83. The molecular weight excluding hydrogens is 302 g/mol. The van der Waals surface area contributed by atoms with Crippen molar-refractivity contribution >= 4 is 38.1 Å². The molecule has 0 bridgehead atoms. The van der Waals surface area contributed by atoms with Crippen LogP contribution in [0.5, 0.6) is 0 Å². The molecule has 3 heteroatoms. The van der Waals surface area contributed by atoms with Crippen LogP contribution in [0.3, 0.4) is 0 Å². The summed E-state index contributed by atoms with van der Waals surface area (Å²) in [6.45, 7) is 2.39. The molecule has 2 aromatic carbocycles. The Balaban J connectivity index is 1.83. The second-order valence-corrected chi connectivity index (χ2v) is 10.2. The third-order valence-electron chi connectivity index (χ3n) is 3.38. The Kier molecular flexibility index (Phi) is 7.01. The van der Waals surface area contributed by atoms with Crippen molar-refractivity contribution in [3.8, 4) is 0 Å². The third kappa shape index (κ3) is 4.85. The van der Waals surface area contributed by atoms with Gasteiger partial charge in [0.25, 0.3) is 0 Å². The lowest BCUT2D eigenvalue weighted by Gasteiger charge is -2.17. The Hall–Kier alpha value is -0.410. The van der Waals surface area contributed by atoms with Crippen LogP contribution in [0.15, 0.2) is 60.7 Å². The predicted octanol–water partition coefficient (Wildman–Crippen LogP) is 4.82. The second kappa shape index (κ2) is 8.78. The van der Waals surface area contributed by atoms with Gasteiger partial charge >= 0.3 is 0 Å². The van der Waals surface area contributed by atoms with Crippen LogP contribution in [0.25, 0.3) is 0 Å². The minimum atomic E-state index is -0.177. The third-order valence-corrected chi connectivity index (χ3v) is 8.59. The summed E-state index contributed by atoms with van der Waals surface area (Å²) in [5, 5.41) is 2.95. The summed E-state index contributed by atoms with van der Waals surface area (Å²) < 4.78 is 0. The molecule has 0 aliphatic carbocycles. The SMILES string of the molecule is C[P@](CCCP(CCl)c1ccccc1)c1ccccc1. The number of alkyl halides is 1. The standard InChI is InChI=1S/C17H21ClP2/c1-19(16-9-4-2-5-10-16)13-8-14-20(15-18)17-11-6-3-7-12-17/h2-7,9-12H,8,13-15H2,1H3/t19-,20?/m1/s1. The van der Waals surface area contributed by atoms with Gasteiger partial charge in [-0.2, -0.15) is 0 Å². The highest BCUT2D eigenvalue weighted by Gasteiger charge is 2.10. The zero-order valence-corrected chi connectivity index (χ0v) is 14.4. The number of hydrogen-bond donors (Lipinski definition) is 0. The molecule has 0 saturated carbocycles. The maximum absolute atomic E-state index is 6.17. The zero-order valence-electron chi connectivity index (χ0n) is 11.9. The molecule has 0 radical (unpaired) electrons. The maximum Gasteiger partial charge on any atom is 0.0465 e. The summed E-state index contributed by atoms with van der Waals surface area (Å²) in [5.74, 6) is 0. The van der Waals surface area contributed by atoms with E-state index >= 15 is 0 Å². The van der Waals surface area contributed by atoms with Crippen LogP contribution >= 0.6 is 27.4 Å². The molecule has 0 saturated heterocycles. The van der Waals surface area contributed by atoms with Gasteiger partial charge in [0.2, 0.25) is 0 Å². The highest BCUT2D eigenvalue weighted by Crippen LogP contribution is 2.38.